The molecular weight excluding hydrogens is 376 g/mol. The van der Waals surface area contributed by atoms with Crippen LogP contribution in [0.15, 0.2) is 30.6 Å². The SMILES string of the molecule is COc1cc(Nc2nc3c(N4CCCC(C(=O)O)C4)nccn3n2)cc(OC)c1. The number of aliphatic carboxylic acids is 1. The van der Waals surface area contributed by atoms with Crippen LogP contribution in [0, 0.1) is 5.92 Å². The first kappa shape index (κ1) is 18.8. The molecule has 0 saturated carbocycles. The van der Waals surface area contributed by atoms with Gasteiger partial charge in [-0.2, -0.15) is 4.98 Å². The number of carboxylic acids is 1. The predicted octanol–water partition coefficient (Wildman–Crippen LogP) is 2.19. The first-order chi connectivity index (χ1) is 14.1. The van der Waals surface area contributed by atoms with Crippen molar-refractivity contribution in [2.75, 3.05) is 37.5 Å². The molecular formula is C19H22N6O4. The van der Waals surface area contributed by atoms with Gasteiger partial charge in [-0.15, -0.1) is 5.10 Å². The number of hydrogen-bond donors (Lipinski definition) is 2. The Morgan fingerprint density at radius 3 is 2.69 bits per heavy atom. The lowest BCUT2D eigenvalue weighted by Gasteiger charge is -2.31. The third-order valence-corrected chi connectivity index (χ3v) is 4.91. The van der Waals surface area contributed by atoms with Crippen LogP contribution < -0.4 is 19.7 Å². The molecule has 0 aliphatic carbocycles. The van der Waals surface area contributed by atoms with Crippen LogP contribution in [0.2, 0.25) is 0 Å². The van der Waals surface area contributed by atoms with E-state index in [1.807, 2.05) is 17.0 Å². The highest BCUT2D eigenvalue weighted by molar-refractivity contribution is 5.73. The number of rotatable bonds is 6. The van der Waals surface area contributed by atoms with Crippen molar-refractivity contribution in [1.29, 1.82) is 0 Å². The van der Waals surface area contributed by atoms with Gasteiger partial charge in [-0.05, 0) is 12.8 Å². The van der Waals surface area contributed by atoms with Crippen molar-refractivity contribution < 1.29 is 19.4 Å². The maximum absolute atomic E-state index is 11.4. The van der Waals surface area contributed by atoms with Crippen molar-refractivity contribution in [1.82, 2.24) is 19.6 Å². The van der Waals surface area contributed by atoms with Gasteiger partial charge in [0.2, 0.25) is 5.95 Å². The summed E-state index contributed by atoms with van der Waals surface area (Å²) >= 11 is 0. The van der Waals surface area contributed by atoms with E-state index in [-0.39, 0.29) is 0 Å². The standard InChI is InChI=1S/C19H22N6O4/c1-28-14-8-13(9-15(10-14)29-2)21-19-22-17-16(20-5-7-25(17)23-19)24-6-3-4-12(11-24)18(26)27/h5,7-10,12H,3-4,6,11H2,1-2H3,(H,21,23)(H,26,27). The molecule has 10 heteroatoms. The van der Waals surface area contributed by atoms with Crippen LogP contribution in [0.25, 0.3) is 5.65 Å². The quantitative estimate of drug-likeness (QED) is 0.645. The number of carboxylic acid groups (broad SMARTS) is 1. The van der Waals surface area contributed by atoms with Crippen molar-refractivity contribution in [2.24, 2.45) is 5.92 Å². The van der Waals surface area contributed by atoms with E-state index in [9.17, 15) is 9.90 Å². The average Bonchev–Trinajstić information content (AvgIpc) is 3.15. The van der Waals surface area contributed by atoms with Crippen molar-refractivity contribution in [3.8, 4) is 11.5 Å². The van der Waals surface area contributed by atoms with Gasteiger partial charge in [-0.1, -0.05) is 0 Å². The number of methoxy groups -OCH3 is 2. The summed E-state index contributed by atoms with van der Waals surface area (Å²) < 4.78 is 12.2. The zero-order valence-electron chi connectivity index (χ0n) is 16.2. The van der Waals surface area contributed by atoms with Gasteiger partial charge in [0.15, 0.2) is 11.5 Å². The minimum absolute atomic E-state index is 0.390. The number of nitrogens with zero attached hydrogens (tertiary/aromatic N) is 5. The summed E-state index contributed by atoms with van der Waals surface area (Å²) in [6, 6.07) is 5.41. The Kier molecular flexibility index (Phi) is 5.07. The first-order valence-electron chi connectivity index (χ1n) is 9.26. The Labute approximate surface area is 167 Å². The number of fused-ring (bicyclic) bond motifs is 1. The second kappa shape index (κ2) is 7.82. The third-order valence-electron chi connectivity index (χ3n) is 4.91. The lowest BCUT2D eigenvalue weighted by atomic mass is 9.98. The molecule has 0 spiro atoms. The fourth-order valence-electron chi connectivity index (χ4n) is 3.46. The minimum atomic E-state index is -0.780. The Hall–Kier alpha value is -3.56. The normalized spacial score (nSPS) is 16.6. The molecule has 1 atom stereocenters. The lowest BCUT2D eigenvalue weighted by molar-refractivity contribution is -0.141. The number of nitrogens with one attached hydrogen (secondary N) is 1. The van der Waals surface area contributed by atoms with Gasteiger partial charge in [-0.25, -0.2) is 9.50 Å². The number of anilines is 3. The van der Waals surface area contributed by atoms with E-state index in [0.29, 0.717) is 41.9 Å². The monoisotopic (exact) mass is 398 g/mol. The third kappa shape index (κ3) is 3.86. The molecule has 0 radical (unpaired) electrons. The van der Waals surface area contributed by atoms with E-state index in [1.54, 1.807) is 37.2 Å². The number of hydrogen-bond acceptors (Lipinski definition) is 8. The smallest absolute Gasteiger partial charge is 0.308 e. The Balaban J connectivity index is 1.64. The molecule has 1 aliphatic rings. The van der Waals surface area contributed by atoms with Gasteiger partial charge in [-0.3, -0.25) is 4.79 Å². The molecule has 3 heterocycles. The topological polar surface area (TPSA) is 114 Å². The molecule has 2 aromatic heterocycles. The van der Waals surface area contributed by atoms with E-state index < -0.39 is 11.9 Å². The molecule has 2 N–H and O–H groups in total. The Bertz CT molecular complexity index is 1010. The van der Waals surface area contributed by atoms with Gasteiger partial charge in [0.25, 0.3) is 0 Å². The van der Waals surface area contributed by atoms with E-state index in [4.69, 9.17) is 9.47 Å². The summed E-state index contributed by atoms with van der Waals surface area (Å²) in [7, 11) is 3.17. The minimum Gasteiger partial charge on any atom is -0.497 e. The highest BCUT2D eigenvalue weighted by Crippen LogP contribution is 2.29. The van der Waals surface area contributed by atoms with Gasteiger partial charge in [0, 0.05) is 49.4 Å². The van der Waals surface area contributed by atoms with Crippen molar-refractivity contribution in [3.05, 3.63) is 30.6 Å². The molecule has 1 saturated heterocycles. The number of carbonyl (C=O) groups is 1. The molecule has 1 unspecified atom stereocenters. The second-order valence-corrected chi connectivity index (χ2v) is 6.80. The summed E-state index contributed by atoms with van der Waals surface area (Å²) in [4.78, 5) is 22.4. The number of benzene rings is 1. The number of piperidine rings is 1. The van der Waals surface area contributed by atoms with Gasteiger partial charge in [0.1, 0.15) is 11.5 Å². The van der Waals surface area contributed by atoms with Crippen LogP contribution in [0.1, 0.15) is 12.8 Å². The highest BCUT2D eigenvalue weighted by atomic mass is 16.5. The summed E-state index contributed by atoms with van der Waals surface area (Å²) in [5.74, 6) is 1.12. The molecule has 0 amide bonds. The van der Waals surface area contributed by atoms with Crippen LogP contribution in [0.5, 0.6) is 11.5 Å². The van der Waals surface area contributed by atoms with Crippen molar-refractivity contribution in [2.45, 2.75) is 12.8 Å². The molecule has 152 valence electrons. The second-order valence-electron chi connectivity index (χ2n) is 6.80. The van der Waals surface area contributed by atoms with Crippen LogP contribution >= 0.6 is 0 Å². The first-order valence-corrected chi connectivity index (χ1v) is 9.26. The van der Waals surface area contributed by atoms with E-state index in [0.717, 1.165) is 18.7 Å². The maximum Gasteiger partial charge on any atom is 0.308 e. The zero-order chi connectivity index (χ0) is 20.4. The van der Waals surface area contributed by atoms with Crippen LogP contribution in [0.3, 0.4) is 0 Å². The maximum atomic E-state index is 11.4. The molecule has 0 bridgehead atoms. The lowest BCUT2D eigenvalue weighted by Crippen LogP contribution is -2.39. The van der Waals surface area contributed by atoms with Gasteiger partial charge < -0.3 is 24.8 Å². The summed E-state index contributed by atoms with van der Waals surface area (Å²) in [6.07, 6.45) is 4.82. The summed E-state index contributed by atoms with van der Waals surface area (Å²) in [5, 5.41) is 17.0. The summed E-state index contributed by atoms with van der Waals surface area (Å²) in [6.45, 7) is 1.14. The van der Waals surface area contributed by atoms with Crippen LogP contribution in [-0.4, -0.2) is 58.0 Å². The molecule has 4 rings (SSSR count). The fraction of sp³-hybridized carbons (Fsp3) is 0.368. The van der Waals surface area contributed by atoms with E-state index >= 15 is 0 Å². The van der Waals surface area contributed by atoms with E-state index in [1.165, 1.54) is 0 Å². The van der Waals surface area contributed by atoms with Gasteiger partial charge >= 0.3 is 5.97 Å². The van der Waals surface area contributed by atoms with Crippen LogP contribution in [0.4, 0.5) is 17.5 Å². The van der Waals surface area contributed by atoms with Crippen molar-refractivity contribution in [3.63, 3.8) is 0 Å². The van der Waals surface area contributed by atoms with Crippen LogP contribution in [-0.2, 0) is 4.79 Å². The molecule has 1 aliphatic heterocycles. The Morgan fingerprint density at radius 1 is 1.24 bits per heavy atom. The number of ether oxygens (including phenoxy) is 2. The van der Waals surface area contributed by atoms with Gasteiger partial charge in [0.05, 0.1) is 20.1 Å². The zero-order valence-corrected chi connectivity index (χ0v) is 16.2. The summed E-state index contributed by atoms with van der Waals surface area (Å²) in [5.41, 5.74) is 1.28. The average molecular weight is 398 g/mol. The molecule has 1 aromatic carbocycles. The fourth-order valence-corrected chi connectivity index (χ4v) is 3.46. The molecule has 29 heavy (non-hydrogen) atoms. The largest absolute Gasteiger partial charge is 0.497 e. The van der Waals surface area contributed by atoms with E-state index in [2.05, 4.69) is 20.4 Å². The molecule has 1 fully saturated rings. The molecule has 3 aromatic rings. The van der Waals surface area contributed by atoms with Crippen molar-refractivity contribution >= 4 is 29.1 Å². The number of aromatic nitrogens is 4. The Morgan fingerprint density at radius 2 is 2.00 bits per heavy atom. The highest BCUT2D eigenvalue weighted by Gasteiger charge is 2.27. The molecule has 10 nitrogen and oxygen atoms in total. The predicted molar refractivity (Wildman–Crippen MR) is 106 cm³/mol.